The summed E-state index contributed by atoms with van der Waals surface area (Å²) in [4.78, 5) is 12.6. The zero-order valence-corrected chi connectivity index (χ0v) is 11.4. The van der Waals surface area contributed by atoms with E-state index in [-0.39, 0.29) is 16.8 Å². The lowest BCUT2D eigenvalue weighted by atomic mass is 10.0. The number of nitro benzene ring substituents is 1. The van der Waals surface area contributed by atoms with Crippen LogP contribution in [0.1, 0.15) is 25.5 Å². The number of halogens is 1. The minimum absolute atomic E-state index is 0.0176. The van der Waals surface area contributed by atoms with Crippen LogP contribution in [0.25, 0.3) is 0 Å². The molecule has 18 heavy (non-hydrogen) atoms. The molecule has 1 unspecified atom stereocenters. The zero-order valence-electron chi connectivity index (χ0n) is 10.6. The van der Waals surface area contributed by atoms with Gasteiger partial charge in [-0.2, -0.15) is 0 Å². The molecule has 0 bridgehead atoms. The zero-order chi connectivity index (χ0) is 13.7. The van der Waals surface area contributed by atoms with Gasteiger partial charge in [0, 0.05) is 18.7 Å². The fourth-order valence-corrected chi connectivity index (χ4v) is 2.22. The Labute approximate surface area is 112 Å². The monoisotopic (exact) mass is 271 g/mol. The van der Waals surface area contributed by atoms with Gasteiger partial charge in [0.1, 0.15) is 5.02 Å². The molecule has 100 valence electrons. The van der Waals surface area contributed by atoms with Gasteiger partial charge in [-0.25, -0.2) is 0 Å². The van der Waals surface area contributed by atoms with E-state index >= 15 is 0 Å². The molecule has 0 saturated heterocycles. The summed E-state index contributed by atoms with van der Waals surface area (Å²) in [7, 11) is 0. The van der Waals surface area contributed by atoms with Crippen molar-refractivity contribution in [3.63, 3.8) is 0 Å². The van der Waals surface area contributed by atoms with E-state index in [2.05, 4.69) is 4.90 Å². The van der Waals surface area contributed by atoms with Gasteiger partial charge >= 0.3 is 0 Å². The van der Waals surface area contributed by atoms with E-state index < -0.39 is 4.92 Å². The van der Waals surface area contributed by atoms with E-state index in [0.717, 1.165) is 18.7 Å². The summed E-state index contributed by atoms with van der Waals surface area (Å²) in [6, 6.07) is 4.85. The Morgan fingerprint density at radius 3 is 2.50 bits per heavy atom. The van der Waals surface area contributed by atoms with Gasteiger partial charge in [0.2, 0.25) is 0 Å². The predicted molar refractivity (Wildman–Crippen MR) is 72.8 cm³/mol. The average molecular weight is 272 g/mol. The van der Waals surface area contributed by atoms with Crippen LogP contribution in [0.4, 0.5) is 5.69 Å². The number of hydrogen-bond acceptors (Lipinski definition) is 4. The number of nitrogens with two attached hydrogens (primary N) is 1. The Morgan fingerprint density at radius 1 is 1.44 bits per heavy atom. The summed E-state index contributed by atoms with van der Waals surface area (Å²) in [5.41, 5.74) is 6.54. The second-order valence-corrected chi connectivity index (χ2v) is 4.35. The number of nitrogens with zero attached hydrogens (tertiary/aromatic N) is 2. The maximum absolute atomic E-state index is 10.9. The van der Waals surface area contributed by atoms with Crippen LogP contribution < -0.4 is 5.73 Å². The first-order valence-electron chi connectivity index (χ1n) is 5.93. The summed E-state index contributed by atoms with van der Waals surface area (Å²) in [6.07, 6.45) is 0. The summed E-state index contributed by atoms with van der Waals surface area (Å²) >= 11 is 5.80. The third-order valence-electron chi connectivity index (χ3n) is 3.03. The Morgan fingerprint density at radius 2 is 2.06 bits per heavy atom. The van der Waals surface area contributed by atoms with Crippen LogP contribution in [0.3, 0.4) is 0 Å². The number of nitro groups is 1. The standard InChI is InChI=1S/C12H18ClN3O2/c1-3-15(4-2)12(8-14)9-5-6-10(13)11(7-9)16(17)18/h5-7,12H,3-4,8,14H2,1-2H3. The second-order valence-electron chi connectivity index (χ2n) is 3.94. The molecule has 6 heteroatoms. The van der Waals surface area contributed by atoms with E-state index in [1.165, 1.54) is 6.07 Å². The Kier molecular flexibility index (Phi) is 5.53. The first-order chi connectivity index (χ1) is 8.54. The van der Waals surface area contributed by atoms with Gasteiger partial charge in [0.15, 0.2) is 0 Å². The van der Waals surface area contributed by atoms with E-state index in [9.17, 15) is 10.1 Å². The van der Waals surface area contributed by atoms with Crippen LogP contribution in [0.5, 0.6) is 0 Å². The van der Waals surface area contributed by atoms with Crippen LogP contribution in [-0.2, 0) is 0 Å². The van der Waals surface area contributed by atoms with Crippen molar-refractivity contribution in [2.45, 2.75) is 19.9 Å². The van der Waals surface area contributed by atoms with E-state index in [0.29, 0.717) is 6.54 Å². The molecule has 5 nitrogen and oxygen atoms in total. The highest BCUT2D eigenvalue weighted by molar-refractivity contribution is 6.32. The topological polar surface area (TPSA) is 72.4 Å². The SMILES string of the molecule is CCN(CC)C(CN)c1ccc(Cl)c([N+](=O)[O-])c1. The van der Waals surface area contributed by atoms with Crippen LogP contribution in [0, 0.1) is 10.1 Å². The molecule has 1 atom stereocenters. The molecule has 1 rings (SSSR count). The molecule has 0 heterocycles. The van der Waals surface area contributed by atoms with Gasteiger partial charge in [0.25, 0.3) is 5.69 Å². The summed E-state index contributed by atoms with van der Waals surface area (Å²) in [6.45, 7) is 6.18. The molecule has 1 aromatic carbocycles. The van der Waals surface area contributed by atoms with E-state index in [4.69, 9.17) is 17.3 Å². The van der Waals surface area contributed by atoms with Crippen LogP contribution in [0.15, 0.2) is 18.2 Å². The lowest BCUT2D eigenvalue weighted by Gasteiger charge is -2.28. The minimum atomic E-state index is -0.471. The maximum atomic E-state index is 10.9. The van der Waals surface area contributed by atoms with Crippen molar-refractivity contribution >= 4 is 17.3 Å². The first-order valence-corrected chi connectivity index (χ1v) is 6.30. The Balaban J connectivity index is 3.14. The second kappa shape index (κ2) is 6.68. The smallest absolute Gasteiger partial charge is 0.288 e. The molecule has 2 N–H and O–H groups in total. The van der Waals surface area contributed by atoms with Gasteiger partial charge in [-0.3, -0.25) is 15.0 Å². The molecule has 0 fully saturated rings. The van der Waals surface area contributed by atoms with Crippen LogP contribution in [-0.4, -0.2) is 29.5 Å². The van der Waals surface area contributed by atoms with E-state index in [1.54, 1.807) is 12.1 Å². The van der Waals surface area contributed by atoms with Crippen molar-refractivity contribution in [3.8, 4) is 0 Å². The van der Waals surface area contributed by atoms with Crippen molar-refractivity contribution in [1.29, 1.82) is 0 Å². The number of rotatable bonds is 6. The van der Waals surface area contributed by atoms with Gasteiger partial charge in [-0.05, 0) is 24.7 Å². The van der Waals surface area contributed by atoms with Crippen molar-refractivity contribution in [1.82, 2.24) is 4.90 Å². The summed E-state index contributed by atoms with van der Waals surface area (Å²) < 4.78 is 0. The quantitative estimate of drug-likeness (QED) is 0.638. The molecule has 0 aliphatic carbocycles. The fourth-order valence-electron chi connectivity index (χ4n) is 2.04. The van der Waals surface area contributed by atoms with Crippen molar-refractivity contribution < 1.29 is 4.92 Å². The van der Waals surface area contributed by atoms with Crippen molar-refractivity contribution in [3.05, 3.63) is 38.9 Å². The minimum Gasteiger partial charge on any atom is -0.329 e. The molecule has 0 aliphatic heterocycles. The van der Waals surface area contributed by atoms with Gasteiger partial charge in [-0.1, -0.05) is 31.5 Å². The van der Waals surface area contributed by atoms with Crippen LogP contribution in [0.2, 0.25) is 5.02 Å². The molecule has 0 spiro atoms. The average Bonchev–Trinajstić information content (AvgIpc) is 2.36. The normalized spacial score (nSPS) is 12.7. The molecular weight excluding hydrogens is 254 g/mol. The summed E-state index contributed by atoms with van der Waals surface area (Å²) in [5.74, 6) is 0. The molecule has 0 saturated carbocycles. The van der Waals surface area contributed by atoms with Crippen molar-refractivity contribution in [2.24, 2.45) is 5.73 Å². The lowest BCUT2D eigenvalue weighted by molar-refractivity contribution is -0.384. The largest absolute Gasteiger partial charge is 0.329 e. The molecule has 0 amide bonds. The first kappa shape index (κ1) is 14.9. The Hall–Kier alpha value is -1.17. The Bertz CT molecular complexity index is 422. The number of benzene rings is 1. The highest BCUT2D eigenvalue weighted by Crippen LogP contribution is 2.29. The van der Waals surface area contributed by atoms with Gasteiger partial charge < -0.3 is 5.73 Å². The van der Waals surface area contributed by atoms with Gasteiger partial charge in [-0.15, -0.1) is 0 Å². The molecule has 1 aromatic rings. The third kappa shape index (κ3) is 3.19. The number of likely N-dealkylation sites (N-methyl/N-ethyl adjacent to an activating group) is 1. The molecule has 0 aromatic heterocycles. The predicted octanol–water partition coefficient (Wildman–Crippen LogP) is 2.59. The maximum Gasteiger partial charge on any atom is 0.288 e. The van der Waals surface area contributed by atoms with E-state index in [1.807, 2.05) is 13.8 Å². The number of hydrogen-bond donors (Lipinski definition) is 1. The molecular formula is C12H18ClN3O2. The van der Waals surface area contributed by atoms with Gasteiger partial charge in [0.05, 0.1) is 4.92 Å². The molecule has 0 aliphatic rings. The lowest BCUT2D eigenvalue weighted by Crippen LogP contribution is -2.33. The van der Waals surface area contributed by atoms with Crippen LogP contribution >= 0.6 is 11.6 Å². The summed E-state index contributed by atoms with van der Waals surface area (Å²) in [5, 5.41) is 11.0. The van der Waals surface area contributed by atoms with Crippen molar-refractivity contribution in [2.75, 3.05) is 19.6 Å². The fraction of sp³-hybridized carbons (Fsp3) is 0.500. The molecule has 0 radical (unpaired) electrons. The third-order valence-corrected chi connectivity index (χ3v) is 3.35. The highest BCUT2D eigenvalue weighted by atomic mass is 35.5. The highest BCUT2D eigenvalue weighted by Gasteiger charge is 2.20.